The molecule has 1 aliphatic carbocycles. The molecule has 232 valence electrons. The van der Waals surface area contributed by atoms with Crippen LogP contribution in [0.5, 0.6) is 0 Å². The fourth-order valence-electron chi connectivity index (χ4n) is 8.09. The molecule has 0 spiro atoms. The fraction of sp³-hybridized carbons (Fsp3) is 0.0638. The molecule has 10 rings (SSSR count). The van der Waals surface area contributed by atoms with Crippen LogP contribution in [0.15, 0.2) is 168 Å². The summed E-state index contributed by atoms with van der Waals surface area (Å²) in [7, 11) is 0. The van der Waals surface area contributed by atoms with Gasteiger partial charge in [-0.2, -0.15) is 0 Å². The van der Waals surface area contributed by atoms with Gasteiger partial charge in [0.2, 0.25) is 0 Å². The molecule has 0 bridgehead atoms. The van der Waals surface area contributed by atoms with Crippen molar-refractivity contribution in [1.29, 1.82) is 0 Å². The summed E-state index contributed by atoms with van der Waals surface area (Å²) in [5, 5.41) is 5.51. The standard InChI is InChI=1S/C47H33NO/c1-47(2)40-24-14-13-21-36(40)37-26-25-32(29-41(37)47)48(31-17-7-4-8-18-31)42-28-27-33(30-15-5-3-6-16-30)43-44-38-22-11-9-19-34(38)35-20-10-12-23-39(35)45(44)49-46(42)43/h3-29H,1-2H3/i3D,5D,6D,15D,16D. The number of nitrogens with zero attached hydrogens (tertiary/aromatic N) is 1. The zero-order valence-electron chi connectivity index (χ0n) is 32.1. The predicted octanol–water partition coefficient (Wildman–Crippen LogP) is 13.3. The molecule has 0 N–H and O–H groups in total. The summed E-state index contributed by atoms with van der Waals surface area (Å²) in [6, 6.07) is 44.0. The van der Waals surface area contributed by atoms with Crippen molar-refractivity contribution in [2.24, 2.45) is 0 Å². The van der Waals surface area contributed by atoms with Crippen LogP contribution in [-0.2, 0) is 5.41 Å². The molecule has 49 heavy (non-hydrogen) atoms. The summed E-state index contributed by atoms with van der Waals surface area (Å²) in [5.74, 6) is 0. The van der Waals surface area contributed by atoms with Crippen LogP contribution in [-0.4, -0.2) is 0 Å². The summed E-state index contributed by atoms with van der Waals surface area (Å²) < 4.78 is 50.8. The zero-order chi connectivity index (χ0) is 37.0. The minimum Gasteiger partial charge on any atom is -0.453 e. The second-order valence-electron chi connectivity index (χ2n) is 13.3. The molecule has 0 aliphatic heterocycles. The van der Waals surface area contributed by atoms with Crippen LogP contribution in [0, 0.1) is 0 Å². The van der Waals surface area contributed by atoms with Crippen molar-refractivity contribution in [3.8, 4) is 22.3 Å². The topological polar surface area (TPSA) is 16.4 Å². The van der Waals surface area contributed by atoms with E-state index >= 15 is 0 Å². The van der Waals surface area contributed by atoms with E-state index in [2.05, 4.69) is 97.6 Å². The molecule has 1 aliphatic rings. The van der Waals surface area contributed by atoms with Crippen molar-refractivity contribution < 1.29 is 11.3 Å². The van der Waals surface area contributed by atoms with Gasteiger partial charge in [-0.25, -0.2) is 0 Å². The Hall–Kier alpha value is -6.12. The third-order valence-electron chi connectivity index (χ3n) is 10.3. The van der Waals surface area contributed by atoms with Gasteiger partial charge in [-0.05, 0) is 79.9 Å². The van der Waals surface area contributed by atoms with Crippen LogP contribution >= 0.6 is 0 Å². The molecular weight excluding hydrogens is 595 g/mol. The molecule has 0 radical (unpaired) electrons. The molecule has 0 saturated heterocycles. The lowest BCUT2D eigenvalue weighted by atomic mass is 9.82. The van der Waals surface area contributed by atoms with Gasteiger partial charge in [0.1, 0.15) is 5.58 Å². The SMILES string of the molecule is [2H]c1c([2H])c([2H])c(-c2ccc(N(c3ccccc3)c3ccc4c(c3)C(C)(C)c3ccccc3-4)c3oc4c5ccccc5c5ccccc5c4c23)c([2H])c1[2H]. The Morgan fingerprint density at radius 3 is 1.94 bits per heavy atom. The molecule has 2 heteroatoms. The van der Waals surface area contributed by atoms with Crippen LogP contribution in [0.2, 0.25) is 0 Å². The number of hydrogen-bond acceptors (Lipinski definition) is 2. The molecule has 8 aromatic carbocycles. The van der Waals surface area contributed by atoms with Gasteiger partial charge in [0.15, 0.2) is 5.58 Å². The van der Waals surface area contributed by atoms with E-state index in [0.717, 1.165) is 44.0 Å². The first-order valence-corrected chi connectivity index (χ1v) is 16.6. The molecule has 0 amide bonds. The first-order valence-electron chi connectivity index (χ1n) is 19.1. The van der Waals surface area contributed by atoms with E-state index in [1.54, 1.807) is 0 Å². The highest BCUT2D eigenvalue weighted by atomic mass is 16.3. The van der Waals surface area contributed by atoms with Gasteiger partial charge in [-0.15, -0.1) is 0 Å². The van der Waals surface area contributed by atoms with Crippen molar-refractivity contribution in [2.45, 2.75) is 19.3 Å². The molecular formula is C47H33NO. The van der Waals surface area contributed by atoms with Gasteiger partial charge >= 0.3 is 0 Å². The number of anilines is 3. The van der Waals surface area contributed by atoms with E-state index in [4.69, 9.17) is 11.3 Å². The zero-order valence-corrected chi connectivity index (χ0v) is 27.1. The van der Waals surface area contributed by atoms with Crippen LogP contribution in [0.3, 0.4) is 0 Å². The summed E-state index contributed by atoms with van der Waals surface area (Å²) in [5.41, 5.74) is 9.32. The Labute approximate surface area is 292 Å². The summed E-state index contributed by atoms with van der Waals surface area (Å²) in [6.07, 6.45) is 0. The molecule has 2 nitrogen and oxygen atoms in total. The molecule has 1 heterocycles. The van der Waals surface area contributed by atoms with Crippen LogP contribution in [0.25, 0.3) is 65.7 Å². The number of para-hydroxylation sites is 1. The van der Waals surface area contributed by atoms with Gasteiger partial charge < -0.3 is 9.32 Å². The average Bonchev–Trinajstić information content (AvgIpc) is 3.72. The Balaban J connectivity index is 1.36. The third kappa shape index (κ3) is 4.01. The van der Waals surface area contributed by atoms with Gasteiger partial charge in [-0.3, -0.25) is 0 Å². The first kappa shape index (κ1) is 23.2. The smallest absolute Gasteiger partial charge is 0.160 e. The highest BCUT2D eigenvalue weighted by Crippen LogP contribution is 2.53. The summed E-state index contributed by atoms with van der Waals surface area (Å²) >= 11 is 0. The molecule has 0 atom stereocenters. The highest BCUT2D eigenvalue weighted by Gasteiger charge is 2.36. The van der Waals surface area contributed by atoms with E-state index < -0.39 is 6.04 Å². The number of furan rings is 1. The monoisotopic (exact) mass is 632 g/mol. The number of rotatable bonds is 4. The molecule has 1 aromatic heterocycles. The van der Waals surface area contributed by atoms with Gasteiger partial charge in [0.05, 0.1) is 12.5 Å². The third-order valence-corrected chi connectivity index (χ3v) is 10.3. The lowest BCUT2D eigenvalue weighted by molar-refractivity contribution is 0.660. The second-order valence-corrected chi connectivity index (χ2v) is 13.3. The normalized spacial score (nSPS) is 14.7. The van der Waals surface area contributed by atoms with Crippen molar-refractivity contribution in [1.82, 2.24) is 0 Å². The highest BCUT2D eigenvalue weighted by molar-refractivity contribution is 6.33. The van der Waals surface area contributed by atoms with E-state index in [9.17, 15) is 0 Å². The average molecular weight is 633 g/mol. The van der Waals surface area contributed by atoms with Crippen molar-refractivity contribution in [3.05, 3.63) is 175 Å². The van der Waals surface area contributed by atoms with Crippen LogP contribution in [0.4, 0.5) is 17.1 Å². The number of fused-ring (bicyclic) bond motifs is 11. The second kappa shape index (κ2) is 10.4. The van der Waals surface area contributed by atoms with Gasteiger partial charge in [0.25, 0.3) is 0 Å². The van der Waals surface area contributed by atoms with E-state index in [-0.39, 0.29) is 35.1 Å². The fourth-order valence-corrected chi connectivity index (χ4v) is 8.09. The lowest BCUT2D eigenvalue weighted by Gasteiger charge is -2.28. The molecule has 0 saturated carbocycles. The van der Waals surface area contributed by atoms with E-state index in [1.807, 2.05) is 54.6 Å². The van der Waals surface area contributed by atoms with Gasteiger partial charge in [-0.1, -0.05) is 147 Å². The Morgan fingerprint density at radius 1 is 0.510 bits per heavy atom. The Morgan fingerprint density at radius 2 is 1.14 bits per heavy atom. The maximum atomic E-state index is 9.06. The minimum absolute atomic E-state index is 0.140. The van der Waals surface area contributed by atoms with E-state index in [1.165, 1.54) is 22.3 Å². The Kier molecular flexibility index (Phi) is 4.95. The molecule has 9 aromatic rings. The van der Waals surface area contributed by atoms with Crippen LogP contribution in [0.1, 0.15) is 31.8 Å². The minimum atomic E-state index is -0.424. The molecule has 0 unspecified atom stereocenters. The predicted molar refractivity (Wildman–Crippen MR) is 206 cm³/mol. The van der Waals surface area contributed by atoms with Crippen molar-refractivity contribution in [2.75, 3.05) is 4.90 Å². The van der Waals surface area contributed by atoms with Crippen molar-refractivity contribution in [3.63, 3.8) is 0 Å². The number of benzene rings is 8. The first-order chi connectivity index (χ1) is 26.2. The maximum absolute atomic E-state index is 9.06. The molecule has 0 fully saturated rings. The quantitative estimate of drug-likeness (QED) is 0.180. The maximum Gasteiger partial charge on any atom is 0.160 e. The Bertz CT molecular complexity index is 3010. The lowest BCUT2D eigenvalue weighted by Crippen LogP contribution is -2.16. The summed E-state index contributed by atoms with van der Waals surface area (Å²) in [6.45, 7) is 4.55. The largest absolute Gasteiger partial charge is 0.453 e. The van der Waals surface area contributed by atoms with E-state index in [0.29, 0.717) is 22.1 Å². The van der Waals surface area contributed by atoms with Crippen molar-refractivity contribution >= 4 is 60.5 Å². The van der Waals surface area contributed by atoms with Crippen LogP contribution < -0.4 is 4.90 Å². The number of hydrogen-bond donors (Lipinski definition) is 0. The summed E-state index contributed by atoms with van der Waals surface area (Å²) in [4.78, 5) is 2.21. The van der Waals surface area contributed by atoms with Gasteiger partial charge in [0, 0.05) is 32.9 Å².